The number of carbonyl (C=O) groups is 2. The van der Waals surface area contributed by atoms with Gasteiger partial charge < -0.3 is 0 Å². The lowest BCUT2D eigenvalue weighted by atomic mass is 9.77. The minimum atomic E-state index is -0.144. The molecule has 4 rings (SSSR count). The van der Waals surface area contributed by atoms with Gasteiger partial charge in [0.2, 0.25) is 5.91 Å². The molecule has 0 radical (unpaired) electrons. The van der Waals surface area contributed by atoms with Crippen LogP contribution in [0.4, 0.5) is 5.69 Å². The van der Waals surface area contributed by atoms with E-state index >= 15 is 0 Å². The summed E-state index contributed by atoms with van der Waals surface area (Å²) in [7, 11) is 0. The molecule has 1 aliphatic carbocycles. The van der Waals surface area contributed by atoms with E-state index in [0.29, 0.717) is 17.9 Å². The Balaban J connectivity index is 1.81. The molecule has 0 saturated heterocycles. The predicted molar refractivity (Wildman–Crippen MR) is 108 cm³/mol. The average Bonchev–Trinajstić information content (AvgIpc) is 2.69. The number of hydrogen-bond donors (Lipinski definition) is 0. The van der Waals surface area contributed by atoms with Crippen LogP contribution in [0.15, 0.2) is 59.8 Å². The number of rotatable bonds is 3. The van der Waals surface area contributed by atoms with Crippen molar-refractivity contribution in [1.82, 2.24) is 0 Å². The van der Waals surface area contributed by atoms with Crippen molar-refractivity contribution >= 4 is 29.0 Å². The summed E-state index contributed by atoms with van der Waals surface area (Å²) in [5, 5.41) is 0.631. The summed E-state index contributed by atoms with van der Waals surface area (Å²) >= 11 is 6.01. The predicted octanol–water partition coefficient (Wildman–Crippen LogP) is 5.43. The molecule has 2 aliphatic rings. The Hall–Kier alpha value is -2.39. The molecule has 0 fully saturated rings. The Labute approximate surface area is 164 Å². The standard InChI is InChI=1S/C23H22ClNO2/c1-2-15-6-8-16(9-7-15)19-14-22(27)25(18-12-10-17(24)11-13-18)20-4-3-5-21(26)23(19)20/h6-13,19H,2-5,14H2,1H3. The molecular formula is C23H22ClNO2. The largest absolute Gasteiger partial charge is 0.294 e. The second-order valence-corrected chi connectivity index (χ2v) is 7.63. The summed E-state index contributed by atoms with van der Waals surface area (Å²) in [5.74, 6) is 0.0670. The topological polar surface area (TPSA) is 37.4 Å². The second kappa shape index (κ2) is 7.32. The molecule has 0 N–H and O–H groups in total. The first-order chi connectivity index (χ1) is 13.1. The van der Waals surface area contributed by atoms with Crippen LogP contribution in [0.5, 0.6) is 0 Å². The van der Waals surface area contributed by atoms with Gasteiger partial charge in [-0.05, 0) is 54.7 Å². The normalized spacial score (nSPS) is 20.1. The zero-order valence-electron chi connectivity index (χ0n) is 15.4. The van der Waals surface area contributed by atoms with E-state index in [1.54, 1.807) is 17.0 Å². The smallest absolute Gasteiger partial charge is 0.232 e. The highest BCUT2D eigenvalue weighted by molar-refractivity contribution is 6.30. The van der Waals surface area contributed by atoms with Gasteiger partial charge in [0.05, 0.1) is 0 Å². The van der Waals surface area contributed by atoms with E-state index in [-0.39, 0.29) is 17.6 Å². The van der Waals surface area contributed by atoms with E-state index < -0.39 is 0 Å². The van der Waals surface area contributed by atoms with Crippen LogP contribution < -0.4 is 4.90 Å². The third kappa shape index (κ3) is 3.32. The molecule has 0 saturated carbocycles. The lowest BCUT2D eigenvalue weighted by Gasteiger charge is -2.38. The number of halogens is 1. The zero-order chi connectivity index (χ0) is 19.0. The Kier molecular flexibility index (Phi) is 4.88. The van der Waals surface area contributed by atoms with Crippen molar-refractivity contribution < 1.29 is 9.59 Å². The first-order valence-corrected chi connectivity index (χ1v) is 9.90. The van der Waals surface area contributed by atoms with Crippen molar-refractivity contribution in [2.75, 3.05) is 4.90 Å². The molecule has 0 bridgehead atoms. The zero-order valence-corrected chi connectivity index (χ0v) is 16.1. The number of carbonyl (C=O) groups excluding carboxylic acids is 2. The maximum absolute atomic E-state index is 13.1. The molecule has 1 atom stereocenters. The number of hydrogen-bond acceptors (Lipinski definition) is 2. The molecule has 0 aromatic heterocycles. The van der Waals surface area contributed by atoms with Crippen molar-refractivity contribution in [2.45, 2.75) is 44.9 Å². The first kappa shape index (κ1) is 18.0. The van der Waals surface area contributed by atoms with Gasteiger partial charge >= 0.3 is 0 Å². The van der Waals surface area contributed by atoms with Crippen molar-refractivity contribution in [2.24, 2.45) is 0 Å². The van der Waals surface area contributed by atoms with Crippen molar-refractivity contribution in [3.05, 3.63) is 76.0 Å². The molecule has 138 valence electrons. The summed E-state index contributed by atoms with van der Waals surface area (Å²) < 4.78 is 0. The number of ketones is 1. The minimum Gasteiger partial charge on any atom is -0.294 e. The highest BCUT2D eigenvalue weighted by atomic mass is 35.5. The quantitative estimate of drug-likeness (QED) is 0.713. The van der Waals surface area contributed by atoms with Crippen LogP contribution in [-0.4, -0.2) is 11.7 Å². The van der Waals surface area contributed by atoms with Gasteiger partial charge in [0.1, 0.15) is 0 Å². The fraction of sp³-hybridized carbons (Fsp3) is 0.304. The number of allylic oxidation sites excluding steroid dienone is 2. The van der Waals surface area contributed by atoms with Crippen LogP contribution in [0, 0.1) is 0 Å². The van der Waals surface area contributed by atoms with Gasteiger partial charge in [0, 0.05) is 40.7 Å². The summed E-state index contributed by atoms with van der Waals surface area (Å²) in [6.07, 6.45) is 3.39. The number of anilines is 1. The van der Waals surface area contributed by atoms with Gasteiger partial charge in [-0.3, -0.25) is 14.5 Å². The fourth-order valence-corrected chi connectivity index (χ4v) is 4.28. The van der Waals surface area contributed by atoms with Gasteiger partial charge in [0.15, 0.2) is 5.78 Å². The third-order valence-corrected chi connectivity index (χ3v) is 5.80. The van der Waals surface area contributed by atoms with Gasteiger partial charge in [-0.2, -0.15) is 0 Å². The molecule has 2 aromatic carbocycles. The molecule has 1 amide bonds. The number of benzene rings is 2. The van der Waals surface area contributed by atoms with E-state index in [9.17, 15) is 9.59 Å². The van der Waals surface area contributed by atoms with E-state index in [2.05, 4.69) is 31.2 Å². The van der Waals surface area contributed by atoms with E-state index in [1.807, 2.05) is 12.1 Å². The maximum atomic E-state index is 13.1. The lowest BCUT2D eigenvalue weighted by molar-refractivity contribution is -0.119. The molecule has 27 heavy (non-hydrogen) atoms. The van der Waals surface area contributed by atoms with Crippen LogP contribution in [-0.2, 0) is 16.0 Å². The Bertz CT molecular complexity index is 912. The summed E-state index contributed by atoms with van der Waals surface area (Å²) in [5.41, 5.74) is 4.78. The van der Waals surface area contributed by atoms with Crippen molar-refractivity contribution in [1.29, 1.82) is 0 Å². The number of aryl methyl sites for hydroxylation is 1. The third-order valence-electron chi connectivity index (χ3n) is 5.55. The molecule has 1 aliphatic heterocycles. The van der Waals surface area contributed by atoms with Crippen molar-refractivity contribution in [3.8, 4) is 0 Å². The Morgan fingerprint density at radius 1 is 1.00 bits per heavy atom. The summed E-state index contributed by atoms with van der Waals surface area (Å²) in [4.78, 5) is 27.7. The van der Waals surface area contributed by atoms with E-state index in [1.165, 1.54) is 5.56 Å². The second-order valence-electron chi connectivity index (χ2n) is 7.19. The van der Waals surface area contributed by atoms with Crippen LogP contribution in [0.3, 0.4) is 0 Å². The monoisotopic (exact) mass is 379 g/mol. The molecule has 4 heteroatoms. The van der Waals surface area contributed by atoms with E-state index in [4.69, 9.17) is 11.6 Å². The van der Waals surface area contributed by atoms with Crippen LogP contribution >= 0.6 is 11.6 Å². The molecule has 1 unspecified atom stereocenters. The van der Waals surface area contributed by atoms with Gasteiger partial charge in [-0.15, -0.1) is 0 Å². The fourth-order valence-electron chi connectivity index (χ4n) is 4.15. The molecule has 2 aromatic rings. The minimum absolute atomic E-state index is 0.0374. The van der Waals surface area contributed by atoms with Crippen LogP contribution in [0.25, 0.3) is 0 Å². The van der Waals surface area contributed by atoms with E-state index in [0.717, 1.165) is 41.8 Å². The average molecular weight is 380 g/mol. The maximum Gasteiger partial charge on any atom is 0.232 e. The van der Waals surface area contributed by atoms with Crippen LogP contribution in [0.1, 0.15) is 49.7 Å². The molecule has 3 nitrogen and oxygen atoms in total. The highest BCUT2D eigenvalue weighted by Gasteiger charge is 2.39. The van der Waals surface area contributed by atoms with Crippen LogP contribution in [0.2, 0.25) is 5.02 Å². The summed E-state index contributed by atoms with van der Waals surface area (Å²) in [6.45, 7) is 2.12. The lowest BCUT2D eigenvalue weighted by Crippen LogP contribution is -2.40. The van der Waals surface area contributed by atoms with Gasteiger partial charge in [0.25, 0.3) is 0 Å². The van der Waals surface area contributed by atoms with Gasteiger partial charge in [-0.25, -0.2) is 0 Å². The SMILES string of the molecule is CCc1ccc(C2CC(=O)N(c3ccc(Cl)cc3)C3=C2C(=O)CCC3)cc1. The Morgan fingerprint density at radius 3 is 2.37 bits per heavy atom. The number of nitrogens with zero attached hydrogens (tertiary/aromatic N) is 1. The van der Waals surface area contributed by atoms with Gasteiger partial charge in [-0.1, -0.05) is 42.8 Å². The molecule has 0 spiro atoms. The number of amides is 1. The Morgan fingerprint density at radius 2 is 1.70 bits per heavy atom. The first-order valence-electron chi connectivity index (χ1n) is 9.52. The molecule has 1 heterocycles. The summed E-state index contributed by atoms with van der Waals surface area (Å²) in [6, 6.07) is 15.6. The number of Topliss-reactive ketones (excluding diaryl/α,β-unsaturated/α-hetero) is 1. The molecular weight excluding hydrogens is 358 g/mol. The highest BCUT2D eigenvalue weighted by Crippen LogP contribution is 2.43. The van der Waals surface area contributed by atoms with Crippen molar-refractivity contribution in [3.63, 3.8) is 0 Å².